The van der Waals surface area contributed by atoms with Crippen LogP contribution >= 0.6 is 0 Å². The minimum absolute atomic E-state index is 0.350. The Balaban J connectivity index is 4.30. The van der Waals surface area contributed by atoms with Gasteiger partial charge in [-0.15, -0.1) is 0 Å². The SMILES string of the molecule is COCCN(CCOC)C(CNC(C)C)COC. The lowest BCUT2D eigenvalue weighted by Gasteiger charge is -2.31. The zero-order valence-electron chi connectivity index (χ0n) is 12.6. The molecule has 0 rings (SSSR count). The van der Waals surface area contributed by atoms with Crippen molar-refractivity contribution in [3.8, 4) is 0 Å². The van der Waals surface area contributed by atoms with Gasteiger partial charge in [0.05, 0.1) is 19.8 Å². The maximum Gasteiger partial charge on any atom is 0.0630 e. The maximum absolute atomic E-state index is 5.31. The predicted octanol–water partition coefficient (Wildman–Crippen LogP) is 0.594. The van der Waals surface area contributed by atoms with E-state index < -0.39 is 0 Å². The lowest BCUT2D eigenvalue weighted by atomic mass is 10.2. The van der Waals surface area contributed by atoms with E-state index in [1.807, 2.05) is 0 Å². The fourth-order valence-electron chi connectivity index (χ4n) is 1.75. The first kappa shape index (κ1) is 17.8. The Hall–Kier alpha value is -0.200. The molecule has 1 atom stereocenters. The van der Waals surface area contributed by atoms with E-state index in [4.69, 9.17) is 14.2 Å². The third kappa shape index (κ3) is 8.83. The minimum atomic E-state index is 0.350. The highest BCUT2D eigenvalue weighted by atomic mass is 16.5. The van der Waals surface area contributed by atoms with E-state index in [0.717, 1.165) is 32.8 Å². The van der Waals surface area contributed by atoms with Crippen molar-refractivity contribution in [2.45, 2.75) is 25.9 Å². The normalized spacial score (nSPS) is 13.5. The molecule has 0 aromatic heterocycles. The molecule has 0 aliphatic heterocycles. The molecule has 1 unspecified atom stereocenters. The highest BCUT2D eigenvalue weighted by Crippen LogP contribution is 2.01. The third-order valence-corrected chi connectivity index (χ3v) is 2.80. The van der Waals surface area contributed by atoms with Gasteiger partial charge in [-0.2, -0.15) is 0 Å². The average molecular weight is 262 g/mol. The first-order valence-corrected chi connectivity index (χ1v) is 6.59. The van der Waals surface area contributed by atoms with E-state index in [9.17, 15) is 0 Å². The summed E-state index contributed by atoms with van der Waals surface area (Å²) in [6, 6.07) is 0.832. The number of hydrogen-bond donors (Lipinski definition) is 1. The number of methoxy groups -OCH3 is 3. The predicted molar refractivity (Wildman–Crippen MR) is 74.1 cm³/mol. The molecular weight excluding hydrogens is 232 g/mol. The molecule has 0 aliphatic rings. The molecule has 5 heteroatoms. The van der Waals surface area contributed by atoms with Crippen LogP contribution in [0.25, 0.3) is 0 Å². The van der Waals surface area contributed by atoms with E-state index in [1.54, 1.807) is 21.3 Å². The maximum atomic E-state index is 5.31. The number of ether oxygens (including phenoxy) is 3. The smallest absolute Gasteiger partial charge is 0.0630 e. The van der Waals surface area contributed by atoms with Crippen LogP contribution in [0.5, 0.6) is 0 Å². The Morgan fingerprint density at radius 1 is 0.944 bits per heavy atom. The molecule has 0 aromatic carbocycles. The van der Waals surface area contributed by atoms with Crippen LogP contribution in [0.15, 0.2) is 0 Å². The fraction of sp³-hybridized carbons (Fsp3) is 1.00. The van der Waals surface area contributed by atoms with Crippen molar-refractivity contribution >= 4 is 0 Å². The van der Waals surface area contributed by atoms with E-state index in [-0.39, 0.29) is 0 Å². The second-order valence-electron chi connectivity index (χ2n) is 4.69. The summed E-state index contributed by atoms with van der Waals surface area (Å²) in [7, 11) is 5.20. The molecule has 0 spiro atoms. The monoisotopic (exact) mass is 262 g/mol. The van der Waals surface area contributed by atoms with Gasteiger partial charge in [-0.25, -0.2) is 0 Å². The summed E-state index contributed by atoms with van der Waals surface area (Å²) < 4.78 is 15.6. The summed E-state index contributed by atoms with van der Waals surface area (Å²) in [5.74, 6) is 0. The molecule has 0 bridgehead atoms. The first-order valence-electron chi connectivity index (χ1n) is 6.59. The second-order valence-corrected chi connectivity index (χ2v) is 4.69. The summed E-state index contributed by atoms with van der Waals surface area (Å²) in [6.07, 6.45) is 0. The fourth-order valence-corrected chi connectivity index (χ4v) is 1.75. The van der Waals surface area contributed by atoms with Crippen molar-refractivity contribution in [3.05, 3.63) is 0 Å². The molecule has 0 amide bonds. The quantitative estimate of drug-likeness (QED) is 0.558. The largest absolute Gasteiger partial charge is 0.383 e. The Kier molecular flexibility index (Phi) is 11.7. The van der Waals surface area contributed by atoms with Gasteiger partial charge in [-0.3, -0.25) is 4.90 Å². The Morgan fingerprint density at radius 3 is 1.89 bits per heavy atom. The van der Waals surface area contributed by atoms with E-state index in [1.165, 1.54) is 0 Å². The minimum Gasteiger partial charge on any atom is -0.383 e. The van der Waals surface area contributed by atoms with Crippen molar-refractivity contribution in [1.82, 2.24) is 10.2 Å². The topological polar surface area (TPSA) is 43.0 Å². The van der Waals surface area contributed by atoms with Crippen molar-refractivity contribution in [2.24, 2.45) is 0 Å². The Morgan fingerprint density at radius 2 is 1.50 bits per heavy atom. The molecule has 0 saturated carbocycles. The van der Waals surface area contributed by atoms with Crippen LogP contribution in [0.3, 0.4) is 0 Å². The third-order valence-electron chi connectivity index (χ3n) is 2.80. The average Bonchev–Trinajstić information content (AvgIpc) is 2.35. The molecule has 0 aromatic rings. The summed E-state index contributed by atoms with van der Waals surface area (Å²) >= 11 is 0. The molecule has 0 radical (unpaired) electrons. The van der Waals surface area contributed by atoms with Gasteiger partial charge in [0.25, 0.3) is 0 Å². The number of nitrogens with one attached hydrogen (secondary N) is 1. The highest BCUT2D eigenvalue weighted by Gasteiger charge is 2.18. The molecule has 0 saturated heterocycles. The van der Waals surface area contributed by atoms with E-state index >= 15 is 0 Å². The van der Waals surface area contributed by atoms with Gasteiger partial charge < -0.3 is 19.5 Å². The molecule has 0 fully saturated rings. The Labute approximate surface area is 112 Å². The lowest BCUT2D eigenvalue weighted by molar-refractivity contribution is 0.0483. The molecule has 18 heavy (non-hydrogen) atoms. The molecule has 5 nitrogen and oxygen atoms in total. The van der Waals surface area contributed by atoms with Gasteiger partial charge in [-0.05, 0) is 0 Å². The van der Waals surface area contributed by atoms with E-state index in [0.29, 0.717) is 18.7 Å². The molecule has 110 valence electrons. The highest BCUT2D eigenvalue weighted by molar-refractivity contribution is 4.75. The summed E-state index contributed by atoms with van der Waals surface area (Å²) in [5, 5.41) is 3.46. The standard InChI is InChI=1S/C13H30N2O3/c1-12(2)14-10-13(11-18-5)15(6-8-16-3)7-9-17-4/h12-14H,6-11H2,1-5H3. The van der Waals surface area contributed by atoms with Crippen molar-refractivity contribution in [3.63, 3.8) is 0 Å². The van der Waals surface area contributed by atoms with Crippen molar-refractivity contribution < 1.29 is 14.2 Å². The molecule has 1 N–H and O–H groups in total. The summed E-state index contributed by atoms with van der Waals surface area (Å²) in [6.45, 7) is 9.18. The van der Waals surface area contributed by atoms with Gasteiger partial charge in [0, 0.05) is 53.0 Å². The lowest BCUT2D eigenvalue weighted by Crippen LogP contribution is -2.48. The molecule has 0 heterocycles. The second kappa shape index (κ2) is 11.9. The molecular formula is C13H30N2O3. The Bertz CT molecular complexity index is 172. The van der Waals surface area contributed by atoms with E-state index in [2.05, 4.69) is 24.1 Å². The van der Waals surface area contributed by atoms with Crippen LogP contribution in [0.1, 0.15) is 13.8 Å². The summed E-state index contributed by atoms with van der Waals surface area (Å²) in [5.41, 5.74) is 0. The van der Waals surface area contributed by atoms with Crippen LogP contribution < -0.4 is 5.32 Å². The van der Waals surface area contributed by atoms with Crippen molar-refractivity contribution in [2.75, 3.05) is 60.8 Å². The number of nitrogens with zero attached hydrogens (tertiary/aromatic N) is 1. The zero-order chi connectivity index (χ0) is 13.8. The first-order chi connectivity index (χ1) is 8.65. The van der Waals surface area contributed by atoms with Crippen LogP contribution in [0.2, 0.25) is 0 Å². The van der Waals surface area contributed by atoms with Crippen LogP contribution in [-0.2, 0) is 14.2 Å². The number of hydrogen-bond acceptors (Lipinski definition) is 5. The van der Waals surface area contributed by atoms with Gasteiger partial charge in [-0.1, -0.05) is 13.8 Å². The van der Waals surface area contributed by atoms with Gasteiger partial charge in [0.2, 0.25) is 0 Å². The van der Waals surface area contributed by atoms with Gasteiger partial charge in [0.15, 0.2) is 0 Å². The zero-order valence-corrected chi connectivity index (χ0v) is 12.6. The van der Waals surface area contributed by atoms with Gasteiger partial charge in [0.1, 0.15) is 0 Å². The molecule has 0 aliphatic carbocycles. The van der Waals surface area contributed by atoms with Gasteiger partial charge >= 0.3 is 0 Å². The van der Waals surface area contributed by atoms with Crippen LogP contribution in [-0.4, -0.2) is 77.8 Å². The number of rotatable bonds is 12. The van der Waals surface area contributed by atoms with Crippen molar-refractivity contribution in [1.29, 1.82) is 0 Å². The van der Waals surface area contributed by atoms with Crippen LogP contribution in [0, 0.1) is 0 Å². The van der Waals surface area contributed by atoms with Crippen LogP contribution in [0.4, 0.5) is 0 Å². The summed E-state index contributed by atoms with van der Waals surface area (Å²) in [4.78, 5) is 2.35.